The highest BCUT2D eigenvalue weighted by Crippen LogP contribution is 2.24. The fraction of sp³-hybridized carbons (Fsp3) is 0.278. The fourth-order valence-corrected chi connectivity index (χ4v) is 2.90. The number of ether oxygens (including phenoxy) is 1. The second-order valence-corrected chi connectivity index (χ2v) is 5.84. The van der Waals surface area contributed by atoms with Crippen molar-refractivity contribution in [2.24, 2.45) is 0 Å². The molecule has 0 bridgehead atoms. The molecule has 0 saturated carbocycles. The lowest BCUT2D eigenvalue weighted by Gasteiger charge is -2.37. The molecule has 3 rings (SSSR count). The zero-order valence-electron chi connectivity index (χ0n) is 13.9. The van der Waals surface area contributed by atoms with Crippen molar-refractivity contribution in [3.8, 4) is 5.75 Å². The number of nitro groups is 1. The number of nitro benzene ring substituents is 1. The maximum Gasteiger partial charge on any atom is 0.308 e. The highest BCUT2D eigenvalue weighted by molar-refractivity contribution is 5.69. The number of carbonyl (C=O) groups is 1. The first kappa shape index (κ1) is 16.8. The van der Waals surface area contributed by atoms with E-state index in [-0.39, 0.29) is 16.6 Å². The Bertz CT molecular complexity index is 751. The number of non-ortho nitro benzene ring substituents is 1. The summed E-state index contributed by atoms with van der Waals surface area (Å²) in [6.07, 6.45) is 0. The van der Waals surface area contributed by atoms with Crippen molar-refractivity contribution in [3.05, 3.63) is 58.6 Å². The van der Waals surface area contributed by atoms with Crippen LogP contribution >= 0.6 is 0 Å². The molecule has 1 heterocycles. The van der Waals surface area contributed by atoms with Crippen molar-refractivity contribution in [1.29, 1.82) is 0 Å². The van der Waals surface area contributed by atoms with Crippen LogP contribution in [0.3, 0.4) is 0 Å². The van der Waals surface area contributed by atoms with Gasteiger partial charge in [-0.3, -0.25) is 14.9 Å². The first-order chi connectivity index (χ1) is 12.0. The third-order valence-corrected chi connectivity index (χ3v) is 4.17. The van der Waals surface area contributed by atoms with E-state index >= 15 is 0 Å². The number of piperazine rings is 1. The number of anilines is 2. The summed E-state index contributed by atoms with van der Waals surface area (Å²) >= 11 is 0. The molecule has 0 radical (unpaired) electrons. The van der Waals surface area contributed by atoms with Crippen LogP contribution in [-0.2, 0) is 4.79 Å². The number of hydrogen-bond acceptors (Lipinski definition) is 6. The molecule has 1 aliphatic rings. The van der Waals surface area contributed by atoms with Crippen LogP contribution in [0, 0.1) is 10.1 Å². The molecule has 0 aliphatic carbocycles. The molecule has 2 aromatic rings. The summed E-state index contributed by atoms with van der Waals surface area (Å²) in [4.78, 5) is 25.8. The van der Waals surface area contributed by atoms with Gasteiger partial charge in [-0.2, -0.15) is 0 Å². The van der Waals surface area contributed by atoms with Crippen LogP contribution in [0.4, 0.5) is 17.1 Å². The van der Waals surface area contributed by atoms with E-state index in [1.54, 1.807) is 24.3 Å². The lowest BCUT2D eigenvalue weighted by Crippen LogP contribution is -2.46. The summed E-state index contributed by atoms with van der Waals surface area (Å²) in [6.45, 7) is 4.76. The summed E-state index contributed by atoms with van der Waals surface area (Å²) < 4.78 is 5.04. The van der Waals surface area contributed by atoms with Crippen LogP contribution in [0.15, 0.2) is 48.5 Å². The average molecular weight is 341 g/mol. The molecule has 0 amide bonds. The van der Waals surface area contributed by atoms with Crippen LogP contribution < -0.4 is 14.5 Å². The first-order valence-corrected chi connectivity index (χ1v) is 8.06. The molecular formula is C18H19N3O4. The van der Waals surface area contributed by atoms with E-state index < -0.39 is 0 Å². The van der Waals surface area contributed by atoms with Gasteiger partial charge in [0.1, 0.15) is 5.75 Å². The second kappa shape index (κ2) is 7.21. The third kappa shape index (κ3) is 4.06. The van der Waals surface area contributed by atoms with Gasteiger partial charge in [-0.25, -0.2) is 0 Å². The minimum absolute atomic E-state index is 0.107. The highest BCUT2D eigenvalue weighted by Gasteiger charge is 2.18. The SMILES string of the molecule is CC(=O)Oc1ccc(N2CCN(c3ccc([N+](=O)[O-])cc3)CC2)cc1. The topological polar surface area (TPSA) is 75.9 Å². The Morgan fingerprint density at radius 2 is 1.36 bits per heavy atom. The van der Waals surface area contributed by atoms with Crippen molar-refractivity contribution >= 4 is 23.0 Å². The molecule has 0 spiro atoms. The van der Waals surface area contributed by atoms with Crippen molar-refractivity contribution < 1.29 is 14.5 Å². The van der Waals surface area contributed by atoms with E-state index in [2.05, 4.69) is 9.80 Å². The van der Waals surface area contributed by atoms with Crippen LogP contribution in [0.25, 0.3) is 0 Å². The largest absolute Gasteiger partial charge is 0.427 e. The Balaban J connectivity index is 1.59. The zero-order chi connectivity index (χ0) is 17.8. The molecule has 0 unspecified atom stereocenters. The van der Waals surface area contributed by atoms with E-state index in [1.807, 2.05) is 12.1 Å². The normalized spacial score (nSPS) is 14.3. The number of benzene rings is 2. The number of hydrogen-bond donors (Lipinski definition) is 0. The smallest absolute Gasteiger partial charge is 0.308 e. The summed E-state index contributed by atoms with van der Waals surface area (Å²) in [5, 5.41) is 10.7. The molecule has 0 aromatic heterocycles. The Labute approximate surface area is 145 Å². The maximum absolute atomic E-state index is 11.0. The predicted octanol–water partition coefficient (Wildman–Crippen LogP) is 2.85. The molecule has 0 N–H and O–H groups in total. The minimum atomic E-state index is -0.388. The van der Waals surface area contributed by atoms with Gasteiger partial charge in [0.05, 0.1) is 4.92 Å². The zero-order valence-corrected chi connectivity index (χ0v) is 13.9. The van der Waals surface area contributed by atoms with Gasteiger partial charge < -0.3 is 14.5 Å². The quantitative estimate of drug-likeness (QED) is 0.368. The van der Waals surface area contributed by atoms with Crippen LogP contribution in [0.1, 0.15) is 6.92 Å². The third-order valence-electron chi connectivity index (χ3n) is 4.17. The van der Waals surface area contributed by atoms with Gasteiger partial charge in [-0.1, -0.05) is 0 Å². The Kier molecular flexibility index (Phi) is 4.83. The molecule has 130 valence electrons. The number of esters is 1. The van der Waals surface area contributed by atoms with Crippen LogP contribution in [-0.4, -0.2) is 37.1 Å². The fourth-order valence-electron chi connectivity index (χ4n) is 2.90. The second-order valence-electron chi connectivity index (χ2n) is 5.84. The number of carbonyl (C=O) groups excluding carboxylic acids is 1. The number of rotatable bonds is 4. The van der Waals surface area contributed by atoms with Crippen molar-refractivity contribution in [1.82, 2.24) is 0 Å². The van der Waals surface area contributed by atoms with E-state index in [9.17, 15) is 14.9 Å². The minimum Gasteiger partial charge on any atom is -0.427 e. The van der Waals surface area contributed by atoms with Gasteiger partial charge in [-0.15, -0.1) is 0 Å². The van der Waals surface area contributed by atoms with Crippen molar-refractivity contribution in [2.45, 2.75) is 6.92 Å². The van der Waals surface area contributed by atoms with E-state index in [4.69, 9.17) is 4.74 Å². The molecule has 1 saturated heterocycles. The molecule has 7 nitrogen and oxygen atoms in total. The monoisotopic (exact) mass is 341 g/mol. The maximum atomic E-state index is 11.0. The lowest BCUT2D eigenvalue weighted by atomic mass is 10.2. The summed E-state index contributed by atoms with van der Waals surface area (Å²) in [5.74, 6) is 0.213. The van der Waals surface area contributed by atoms with Crippen LogP contribution in [0.5, 0.6) is 5.75 Å². The van der Waals surface area contributed by atoms with Gasteiger partial charge in [0.25, 0.3) is 5.69 Å². The van der Waals surface area contributed by atoms with Gasteiger partial charge in [-0.05, 0) is 36.4 Å². The first-order valence-electron chi connectivity index (χ1n) is 8.06. The van der Waals surface area contributed by atoms with E-state index in [0.29, 0.717) is 5.75 Å². The highest BCUT2D eigenvalue weighted by atomic mass is 16.6. The lowest BCUT2D eigenvalue weighted by molar-refractivity contribution is -0.384. The van der Waals surface area contributed by atoms with Gasteiger partial charge in [0.2, 0.25) is 0 Å². The van der Waals surface area contributed by atoms with E-state index in [0.717, 1.165) is 37.6 Å². The molecule has 7 heteroatoms. The molecule has 1 fully saturated rings. The van der Waals surface area contributed by atoms with Gasteiger partial charge in [0.15, 0.2) is 0 Å². The molecular weight excluding hydrogens is 322 g/mol. The average Bonchev–Trinajstić information content (AvgIpc) is 2.62. The summed E-state index contributed by atoms with van der Waals surface area (Å²) in [6, 6.07) is 14.1. The van der Waals surface area contributed by atoms with Gasteiger partial charge >= 0.3 is 5.97 Å². The Morgan fingerprint density at radius 1 is 0.920 bits per heavy atom. The van der Waals surface area contributed by atoms with Crippen LogP contribution in [0.2, 0.25) is 0 Å². The van der Waals surface area contributed by atoms with Crippen molar-refractivity contribution in [3.63, 3.8) is 0 Å². The molecule has 1 aliphatic heterocycles. The molecule has 2 aromatic carbocycles. The number of nitrogens with zero attached hydrogens (tertiary/aromatic N) is 3. The van der Waals surface area contributed by atoms with Gasteiger partial charge in [0, 0.05) is 56.6 Å². The Morgan fingerprint density at radius 3 is 1.76 bits per heavy atom. The Hall–Kier alpha value is -3.09. The predicted molar refractivity (Wildman–Crippen MR) is 95.3 cm³/mol. The molecule has 25 heavy (non-hydrogen) atoms. The van der Waals surface area contributed by atoms with E-state index in [1.165, 1.54) is 19.1 Å². The standard InChI is InChI=1S/C18H19N3O4/c1-14(22)25-18-8-6-16(7-9-18)20-12-10-19(11-13-20)15-2-4-17(5-3-15)21(23)24/h2-9H,10-13H2,1H3. The van der Waals surface area contributed by atoms with Crippen molar-refractivity contribution in [2.75, 3.05) is 36.0 Å². The summed E-state index contributed by atoms with van der Waals surface area (Å²) in [7, 11) is 0. The molecule has 0 atom stereocenters. The summed E-state index contributed by atoms with van der Waals surface area (Å²) in [5.41, 5.74) is 2.19.